The van der Waals surface area contributed by atoms with Crippen LogP contribution in [0, 0.1) is 0 Å². The number of nitrogens with two attached hydrogens (primary N) is 1. The molecule has 4 nitrogen and oxygen atoms in total. The van der Waals surface area contributed by atoms with Crippen LogP contribution in [0.5, 0.6) is 0 Å². The van der Waals surface area contributed by atoms with Gasteiger partial charge >= 0.3 is 0 Å². The highest BCUT2D eigenvalue weighted by atomic mass is 79.9. The smallest absolute Gasteiger partial charge is 0.244 e. The number of halogens is 1. The lowest BCUT2D eigenvalue weighted by Crippen LogP contribution is -2.53. The molecular weight excluding hydrogens is 330 g/mol. The zero-order chi connectivity index (χ0) is 16.0. The molecule has 1 amide bonds. The molecular formula is C16H26BrN3O. The lowest BCUT2D eigenvalue weighted by atomic mass is 9.92. The SMILES string of the molecule is CCN(CC)CC(C)NC(=O)C(C)(N)c1ccc(Br)cc1. The summed E-state index contributed by atoms with van der Waals surface area (Å²) >= 11 is 3.39. The Morgan fingerprint density at radius 2 is 1.86 bits per heavy atom. The van der Waals surface area contributed by atoms with Gasteiger partial charge in [-0.05, 0) is 44.6 Å². The molecule has 3 N–H and O–H groups in total. The van der Waals surface area contributed by atoms with E-state index in [0.717, 1.165) is 29.7 Å². The van der Waals surface area contributed by atoms with Crippen LogP contribution < -0.4 is 11.1 Å². The fourth-order valence-electron chi connectivity index (χ4n) is 2.22. The molecule has 0 aliphatic rings. The van der Waals surface area contributed by atoms with Crippen LogP contribution in [0.15, 0.2) is 28.7 Å². The summed E-state index contributed by atoms with van der Waals surface area (Å²) in [6.45, 7) is 10.8. The number of nitrogens with zero attached hydrogens (tertiary/aromatic N) is 1. The maximum absolute atomic E-state index is 12.5. The van der Waals surface area contributed by atoms with E-state index in [1.807, 2.05) is 31.2 Å². The van der Waals surface area contributed by atoms with Gasteiger partial charge in [-0.2, -0.15) is 0 Å². The van der Waals surface area contributed by atoms with Crippen molar-refractivity contribution in [1.29, 1.82) is 0 Å². The van der Waals surface area contributed by atoms with Gasteiger partial charge in [0, 0.05) is 17.1 Å². The van der Waals surface area contributed by atoms with Gasteiger partial charge in [0.2, 0.25) is 5.91 Å². The van der Waals surface area contributed by atoms with E-state index in [9.17, 15) is 4.79 Å². The van der Waals surface area contributed by atoms with Gasteiger partial charge in [-0.1, -0.05) is 41.9 Å². The minimum absolute atomic E-state index is 0.0655. The molecule has 0 saturated heterocycles. The van der Waals surface area contributed by atoms with Crippen molar-refractivity contribution in [3.05, 3.63) is 34.3 Å². The summed E-state index contributed by atoms with van der Waals surface area (Å²) < 4.78 is 0.970. The second-order valence-corrected chi connectivity index (χ2v) is 6.49. The molecule has 118 valence electrons. The van der Waals surface area contributed by atoms with Crippen LogP contribution in [-0.4, -0.2) is 36.5 Å². The van der Waals surface area contributed by atoms with Crippen molar-refractivity contribution >= 4 is 21.8 Å². The predicted molar refractivity (Wildman–Crippen MR) is 91.1 cm³/mol. The van der Waals surface area contributed by atoms with Crippen LogP contribution in [0.3, 0.4) is 0 Å². The number of amides is 1. The Bertz CT molecular complexity index is 455. The van der Waals surface area contributed by atoms with Gasteiger partial charge in [-0.15, -0.1) is 0 Å². The van der Waals surface area contributed by atoms with E-state index in [-0.39, 0.29) is 11.9 Å². The summed E-state index contributed by atoms with van der Waals surface area (Å²) in [5.41, 5.74) is 6.01. The number of rotatable bonds is 7. The third-order valence-electron chi connectivity index (χ3n) is 3.72. The molecule has 5 heteroatoms. The van der Waals surface area contributed by atoms with Crippen molar-refractivity contribution in [1.82, 2.24) is 10.2 Å². The van der Waals surface area contributed by atoms with Crippen molar-refractivity contribution < 1.29 is 4.79 Å². The van der Waals surface area contributed by atoms with E-state index in [4.69, 9.17) is 5.73 Å². The zero-order valence-electron chi connectivity index (χ0n) is 13.3. The Labute approximate surface area is 136 Å². The number of benzene rings is 1. The summed E-state index contributed by atoms with van der Waals surface area (Å²) in [6, 6.07) is 7.60. The number of hydrogen-bond acceptors (Lipinski definition) is 3. The average Bonchev–Trinajstić information content (AvgIpc) is 2.45. The summed E-state index contributed by atoms with van der Waals surface area (Å²) in [4.78, 5) is 14.7. The first kappa shape index (κ1) is 18.1. The third kappa shape index (κ3) is 5.09. The van der Waals surface area contributed by atoms with Gasteiger partial charge in [0.1, 0.15) is 5.54 Å². The van der Waals surface area contributed by atoms with Crippen molar-refractivity contribution in [2.45, 2.75) is 39.3 Å². The fraction of sp³-hybridized carbons (Fsp3) is 0.562. The van der Waals surface area contributed by atoms with E-state index in [2.05, 4.69) is 40.0 Å². The molecule has 0 radical (unpaired) electrons. The Morgan fingerprint density at radius 1 is 1.33 bits per heavy atom. The van der Waals surface area contributed by atoms with Crippen LogP contribution in [0.2, 0.25) is 0 Å². The number of carbonyl (C=O) groups is 1. The second-order valence-electron chi connectivity index (χ2n) is 5.57. The summed E-state index contributed by atoms with van der Waals surface area (Å²) in [5.74, 6) is -0.149. The standard InChI is InChI=1S/C16H26BrN3O/c1-5-20(6-2)11-12(3)19-15(21)16(4,18)13-7-9-14(17)10-8-13/h7-10,12H,5-6,11,18H2,1-4H3,(H,19,21). The highest BCUT2D eigenvalue weighted by Gasteiger charge is 2.31. The number of hydrogen-bond donors (Lipinski definition) is 2. The monoisotopic (exact) mass is 355 g/mol. The van der Waals surface area contributed by atoms with Gasteiger partial charge in [0.25, 0.3) is 0 Å². The summed E-state index contributed by atoms with van der Waals surface area (Å²) in [5, 5.41) is 3.02. The Balaban J connectivity index is 2.70. The molecule has 0 bridgehead atoms. The maximum atomic E-state index is 12.5. The average molecular weight is 356 g/mol. The third-order valence-corrected chi connectivity index (χ3v) is 4.25. The predicted octanol–water partition coefficient (Wildman–Crippen LogP) is 2.47. The number of carbonyl (C=O) groups excluding carboxylic acids is 1. The summed E-state index contributed by atoms with van der Waals surface area (Å²) in [7, 11) is 0. The molecule has 0 aliphatic carbocycles. The summed E-state index contributed by atoms with van der Waals surface area (Å²) in [6.07, 6.45) is 0. The minimum atomic E-state index is -1.03. The molecule has 0 aromatic heterocycles. The molecule has 2 unspecified atom stereocenters. The van der Waals surface area contributed by atoms with Crippen LogP contribution in [-0.2, 0) is 10.3 Å². The van der Waals surface area contributed by atoms with E-state index in [1.54, 1.807) is 6.92 Å². The fourth-order valence-corrected chi connectivity index (χ4v) is 2.48. The van der Waals surface area contributed by atoms with E-state index >= 15 is 0 Å². The topological polar surface area (TPSA) is 58.4 Å². The van der Waals surface area contributed by atoms with Gasteiger partial charge in [-0.3, -0.25) is 4.79 Å². The van der Waals surface area contributed by atoms with E-state index < -0.39 is 5.54 Å². The molecule has 0 fully saturated rings. The zero-order valence-corrected chi connectivity index (χ0v) is 14.9. The first-order valence-electron chi connectivity index (χ1n) is 7.39. The Morgan fingerprint density at radius 3 is 2.33 bits per heavy atom. The van der Waals surface area contributed by atoms with E-state index in [1.165, 1.54) is 0 Å². The van der Waals surface area contributed by atoms with Crippen LogP contribution in [0.1, 0.15) is 33.3 Å². The van der Waals surface area contributed by atoms with Gasteiger partial charge in [-0.25, -0.2) is 0 Å². The molecule has 1 rings (SSSR count). The number of nitrogens with one attached hydrogen (secondary N) is 1. The second kappa shape index (κ2) is 7.92. The van der Waals surface area contributed by atoms with Crippen LogP contribution in [0.25, 0.3) is 0 Å². The van der Waals surface area contributed by atoms with E-state index in [0.29, 0.717) is 0 Å². The first-order valence-corrected chi connectivity index (χ1v) is 8.18. The molecule has 0 heterocycles. The van der Waals surface area contributed by atoms with Gasteiger partial charge in [0.05, 0.1) is 0 Å². The number of likely N-dealkylation sites (N-methyl/N-ethyl adjacent to an activating group) is 1. The first-order chi connectivity index (χ1) is 9.81. The molecule has 0 aliphatic heterocycles. The molecule has 21 heavy (non-hydrogen) atoms. The molecule has 1 aromatic rings. The highest BCUT2D eigenvalue weighted by Crippen LogP contribution is 2.20. The van der Waals surface area contributed by atoms with Crippen molar-refractivity contribution in [2.75, 3.05) is 19.6 Å². The molecule has 0 saturated carbocycles. The Kier molecular flexibility index (Phi) is 6.84. The molecule has 0 spiro atoms. The van der Waals surface area contributed by atoms with Crippen molar-refractivity contribution in [3.8, 4) is 0 Å². The van der Waals surface area contributed by atoms with Gasteiger partial charge < -0.3 is 16.0 Å². The van der Waals surface area contributed by atoms with Crippen LogP contribution in [0.4, 0.5) is 0 Å². The Hall–Kier alpha value is -0.910. The highest BCUT2D eigenvalue weighted by molar-refractivity contribution is 9.10. The van der Waals surface area contributed by atoms with Gasteiger partial charge in [0.15, 0.2) is 0 Å². The maximum Gasteiger partial charge on any atom is 0.244 e. The molecule has 2 atom stereocenters. The minimum Gasteiger partial charge on any atom is -0.350 e. The lowest BCUT2D eigenvalue weighted by molar-refractivity contribution is -0.126. The quantitative estimate of drug-likeness (QED) is 0.789. The lowest BCUT2D eigenvalue weighted by Gasteiger charge is -2.29. The van der Waals surface area contributed by atoms with Crippen molar-refractivity contribution in [2.24, 2.45) is 5.73 Å². The van der Waals surface area contributed by atoms with Crippen molar-refractivity contribution in [3.63, 3.8) is 0 Å². The van der Waals surface area contributed by atoms with Crippen LogP contribution >= 0.6 is 15.9 Å². The largest absolute Gasteiger partial charge is 0.350 e. The molecule has 1 aromatic carbocycles. The normalized spacial score (nSPS) is 15.6.